The molecule has 4 rings (SSSR count). The van der Waals surface area contributed by atoms with Gasteiger partial charge in [-0.05, 0) is 37.6 Å². The van der Waals surface area contributed by atoms with E-state index in [4.69, 9.17) is 9.84 Å². The molecule has 0 aliphatic carbocycles. The van der Waals surface area contributed by atoms with Crippen molar-refractivity contribution in [1.29, 1.82) is 0 Å². The number of ether oxygens (including phenoxy) is 1. The fourth-order valence-corrected chi connectivity index (χ4v) is 3.76. The second kappa shape index (κ2) is 11.4. The van der Waals surface area contributed by atoms with Crippen molar-refractivity contribution in [3.8, 4) is 16.9 Å². The summed E-state index contributed by atoms with van der Waals surface area (Å²) in [5.74, 6) is -0.0807. The summed E-state index contributed by atoms with van der Waals surface area (Å²) >= 11 is 0. The van der Waals surface area contributed by atoms with Crippen LogP contribution in [0.1, 0.15) is 18.4 Å². The molecule has 0 unspecified atom stereocenters. The van der Waals surface area contributed by atoms with Gasteiger partial charge in [0, 0.05) is 43.0 Å². The van der Waals surface area contributed by atoms with Crippen molar-refractivity contribution < 1.29 is 9.53 Å². The summed E-state index contributed by atoms with van der Waals surface area (Å²) in [5, 5.41) is 7.77. The first-order valence-electron chi connectivity index (χ1n) is 11.3. The first-order chi connectivity index (χ1) is 15.8. The number of morpholine rings is 1. The third kappa shape index (κ3) is 6.15. The Kier molecular flexibility index (Phi) is 7.84. The Balaban J connectivity index is 1.35. The molecule has 0 radical (unpaired) electrons. The van der Waals surface area contributed by atoms with Crippen molar-refractivity contribution in [2.75, 3.05) is 39.4 Å². The maximum Gasteiger partial charge on any atom is 0.244 e. The summed E-state index contributed by atoms with van der Waals surface area (Å²) in [4.78, 5) is 14.8. The molecule has 0 bridgehead atoms. The highest BCUT2D eigenvalue weighted by molar-refractivity contribution is 5.92. The molecular weight excluding hydrogens is 400 g/mol. The number of aromatic nitrogens is 2. The number of hydrogen-bond donors (Lipinski definition) is 1. The molecule has 6 nitrogen and oxygen atoms in total. The number of carbonyl (C=O) groups excluding carboxylic acids is 1. The van der Waals surface area contributed by atoms with Crippen molar-refractivity contribution in [1.82, 2.24) is 20.0 Å². The highest BCUT2D eigenvalue weighted by Gasteiger charge is 2.11. The van der Waals surface area contributed by atoms with Gasteiger partial charge >= 0.3 is 0 Å². The van der Waals surface area contributed by atoms with Gasteiger partial charge in [-0.2, -0.15) is 5.10 Å². The van der Waals surface area contributed by atoms with Crippen LogP contribution in [0, 0.1) is 0 Å². The van der Waals surface area contributed by atoms with Gasteiger partial charge in [-0.25, -0.2) is 4.68 Å². The van der Waals surface area contributed by atoms with Gasteiger partial charge in [0.15, 0.2) is 0 Å². The maximum absolute atomic E-state index is 12.4. The Morgan fingerprint density at radius 1 is 1.00 bits per heavy atom. The van der Waals surface area contributed by atoms with E-state index in [1.54, 1.807) is 6.08 Å². The van der Waals surface area contributed by atoms with E-state index in [-0.39, 0.29) is 5.91 Å². The zero-order chi connectivity index (χ0) is 22.0. The van der Waals surface area contributed by atoms with Crippen LogP contribution < -0.4 is 5.32 Å². The number of unbranched alkanes of at least 4 members (excludes halogenated alkanes) is 1. The van der Waals surface area contributed by atoms with E-state index in [1.165, 1.54) is 0 Å². The van der Waals surface area contributed by atoms with Gasteiger partial charge in [0.25, 0.3) is 0 Å². The van der Waals surface area contributed by atoms with Crippen LogP contribution >= 0.6 is 0 Å². The van der Waals surface area contributed by atoms with E-state index in [1.807, 2.05) is 77.6 Å². The summed E-state index contributed by atoms with van der Waals surface area (Å²) in [6.45, 7) is 5.42. The van der Waals surface area contributed by atoms with Crippen LogP contribution in [-0.4, -0.2) is 60.0 Å². The second-order valence-electron chi connectivity index (χ2n) is 7.86. The third-order valence-electron chi connectivity index (χ3n) is 5.53. The van der Waals surface area contributed by atoms with Gasteiger partial charge in [0.05, 0.1) is 24.6 Å². The molecule has 0 atom stereocenters. The number of amides is 1. The van der Waals surface area contributed by atoms with Gasteiger partial charge in [0.1, 0.15) is 0 Å². The molecule has 1 N–H and O–H groups in total. The lowest BCUT2D eigenvalue weighted by atomic mass is 10.1. The Bertz CT molecular complexity index is 1010. The van der Waals surface area contributed by atoms with Crippen LogP contribution in [0.15, 0.2) is 72.9 Å². The molecule has 0 spiro atoms. The predicted octanol–water partition coefficient (Wildman–Crippen LogP) is 3.78. The van der Waals surface area contributed by atoms with Crippen molar-refractivity contribution in [2.24, 2.45) is 0 Å². The van der Waals surface area contributed by atoms with Crippen molar-refractivity contribution in [3.63, 3.8) is 0 Å². The lowest BCUT2D eigenvalue weighted by molar-refractivity contribution is -0.116. The Morgan fingerprint density at radius 3 is 2.47 bits per heavy atom. The Labute approximate surface area is 189 Å². The summed E-state index contributed by atoms with van der Waals surface area (Å²) in [6, 6.07) is 20.0. The minimum Gasteiger partial charge on any atom is -0.379 e. The number of rotatable bonds is 9. The predicted molar refractivity (Wildman–Crippen MR) is 128 cm³/mol. The van der Waals surface area contributed by atoms with E-state index in [0.29, 0.717) is 6.54 Å². The average Bonchev–Trinajstić information content (AvgIpc) is 3.29. The molecule has 2 aromatic carbocycles. The fourth-order valence-electron chi connectivity index (χ4n) is 3.76. The second-order valence-corrected chi connectivity index (χ2v) is 7.86. The van der Waals surface area contributed by atoms with E-state index in [2.05, 4.69) is 10.2 Å². The van der Waals surface area contributed by atoms with Gasteiger partial charge < -0.3 is 10.1 Å². The highest BCUT2D eigenvalue weighted by atomic mass is 16.5. The van der Waals surface area contributed by atoms with E-state index >= 15 is 0 Å². The number of nitrogens with one attached hydrogen (secondary N) is 1. The molecule has 0 saturated carbocycles. The van der Waals surface area contributed by atoms with Crippen molar-refractivity contribution in [3.05, 3.63) is 78.5 Å². The molecule has 2 heterocycles. The molecular formula is C26H30N4O2. The molecule has 166 valence electrons. The normalized spacial score (nSPS) is 14.6. The van der Waals surface area contributed by atoms with Crippen LogP contribution in [0.3, 0.4) is 0 Å². The highest BCUT2D eigenvalue weighted by Crippen LogP contribution is 2.24. The van der Waals surface area contributed by atoms with Gasteiger partial charge in [-0.3, -0.25) is 9.69 Å². The van der Waals surface area contributed by atoms with Gasteiger partial charge in [-0.15, -0.1) is 0 Å². The number of carbonyl (C=O) groups is 1. The summed E-state index contributed by atoms with van der Waals surface area (Å²) in [6.07, 6.45) is 7.45. The lowest BCUT2D eigenvalue weighted by Crippen LogP contribution is -2.37. The molecule has 3 aromatic rings. The average molecular weight is 431 g/mol. The lowest BCUT2D eigenvalue weighted by Gasteiger charge is -2.26. The molecule has 1 aliphatic rings. The minimum atomic E-state index is -0.0807. The van der Waals surface area contributed by atoms with Crippen molar-refractivity contribution >= 4 is 12.0 Å². The minimum absolute atomic E-state index is 0.0807. The Morgan fingerprint density at radius 2 is 1.72 bits per heavy atom. The number of hydrogen-bond acceptors (Lipinski definition) is 4. The van der Waals surface area contributed by atoms with E-state index < -0.39 is 0 Å². The largest absolute Gasteiger partial charge is 0.379 e. The molecule has 1 aliphatic heterocycles. The topological polar surface area (TPSA) is 59.4 Å². The van der Waals surface area contributed by atoms with E-state index in [0.717, 1.165) is 68.2 Å². The third-order valence-corrected chi connectivity index (χ3v) is 5.53. The smallest absolute Gasteiger partial charge is 0.244 e. The summed E-state index contributed by atoms with van der Waals surface area (Å²) < 4.78 is 7.23. The zero-order valence-electron chi connectivity index (χ0n) is 18.3. The van der Waals surface area contributed by atoms with E-state index in [9.17, 15) is 4.79 Å². The SMILES string of the molecule is O=C(/C=C/c1cn(-c2ccccc2)nc1-c1ccccc1)NCCCCN1CCOCC1. The monoisotopic (exact) mass is 430 g/mol. The van der Waals surface area contributed by atoms with Gasteiger partial charge in [-0.1, -0.05) is 48.5 Å². The van der Waals surface area contributed by atoms with Crippen LogP contribution in [0.2, 0.25) is 0 Å². The molecule has 1 saturated heterocycles. The molecule has 6 heteroatoms. The molecule has 1 fully saturated rings. The number of para-hydroxylation sites is 1. The van der Waals surface area contributed by atoms with Crippen LogP contribution in [0.4, 0.5) is 0 Å². The zero-order valence-corrected chi connectivity index (χ0v) is 18.3. The van der Waals surface area contributed by atoms with Crippen LogP contribution in [0.5, 0.6) is 0 Å². The first kappa shape index (κ1) is 22.0. The van der Waals surface area contributed by atoms with Crippen LogP contribution in [-0.2, 0) is 9.53 Å². The summed E-state index contributed by atoms with van der Waals surface area (Å²) in [5.41, 5.74) is 3.76. The number of benzene rings is 2. The number of nitrogens with zero attached hydrogens (tertiary/aromatic N) is 3. The van der Waals surface area contributed by atoms with Crippen molar-refractivity contribution in [2.45, 2.75) is 12.8 Å². The quantitative estimate of drug-likeness (QED) is 0.415. The molecule has 32 heavy (non-hydrogen) atoms. The van der Waals surface area contributed by atoms with Crippen LogP contribution in [0.25, 0.3) is 23.0 Å². The maximum atomic E-state index is 12.4. The molecule has 1 amide bonds. The Hall–Kier alpha value is -3.22. The standard InChI is InChI=1S/C26H30N4O2/c31-25(27-15-7-8-16-29-17-19-32-20-18-29)14-13-23-21-30(24-11-5-2-6-12-24)28-26(23)22-9-3-1-4-10-22/h1-6,9-14,21H,7-8,15-20H2,(H,27,31)/b14-13+. The fraction of sp³-hybridized carbons (Fsp3) is 0.308. The molecule has 1 aromatic heterocycles. The van der Waals surface area contributed by atoms with Gasteiger partial charge in [0.2, 0.25) is 5.91 Å². The summed E-state index contributed by atoms with van der Waals surface area (Å²) in [7, 11) is 0. The first-order valence-corrected chi connectivity index (χ1v) is 11.3.